The minimum atomic E-state index is -1.00. The molecule has 1 atom stereocenters. The number of pyridine rings is 1. The molecule has 1 N–H and O–H groups in total. The van der Waals surface area contributed by atoms with Crippen LogP contribution >= 0.6 is 0 Å². The first-order valence-electron chi connectivity index (χ1n) is 5.59. The molecule has 0 bridgehead atoms. The van der Waals surface area contributed by atoms with Crippen molar-refractivity contribution in [1.82, 2.24) is 4.98 Å². The fourth-order valence-corrected chi connectivity index (χ4v) is 1.45. The minimum absolute atomic E-state index is 0.306. The number of nitriles is 1. The van der Waals surface area contributed by atoms with Crippen LogP contribution in [0.15, 0.2) is 12.1 Å². The highest BCUT2D eigenvalue weighted by molar-refractivity contribution is 5.96. The summed E-state index contributed by atoms with van der Waals surface area (Å²) in [5.41, 5.74) is 0.873. The summed E-state index contributed by atoms with van der Waals surface area (Å²) in [7, 11) is 0. The Balaban J connectivity index is 2.92. The van der Waals surface area contributed by atoms with E-state index in [1.54, 1.807) is 13.0 Å². The molecule has 0 aliphatic rings. The van der Waals surface area contributed by atoms with E-state index in [-0.39, 0.29) is 5.91 Å². The van der Waals surface area contributed by atoms with Crippen molar-refractivity contribution in [2.75, 3.05) is 5.32 Å². The number of carbonyl (C=O) groups excluding carboxylic acids is 1. The lowest BCUT2D eigenvalue weighted by molar-refractivity contribution is -0.122. The van der Waals surface area contributed by atoms with Crippen LogP contribution in [0.25, 0.3) is 0 Å². The van der Waals surface area contributed by atoms with Crippen LogP contribution < -0.4 is 5.32 Å². The van der Waals surface area contributed by atoms with E-state index >= 15 is 0 Å². The lowest BCUT2D eigenvalue weighted by atomic mass is 9.88. The lowest BCUT2D eigenvalue weighted by Crippen LogP contribution is -2.31. The zero-order valence-corrected chi connectivity index (χ0v) is 10.7. The summed E-state index contributed by atoms with van der Waals surface area (Å²) in [4.78, 5) is 16.2. The van der Waals surface area contributed by atoms with Gasteiger partial charge in [-0.2, -0.15) is 5.26 Å². The van der Waals surface area contributed by atoms with Gasteiger partial charge in [0.05, 0.1) is 6.07 Å². The zero-order chi connectivity index (χ0) is 13.1. The van der Waals surface area contributed by atoms with Crippen LogP contribution in [0.3, 0.4) is 0 Å². The van der Waals surface area contributed by atoms with E-state index in [2.05, 4.69) is 10.3 Å². The number of hydrogen-bond donors (Lipinski definition) is 1. The average Bonchev–Trinajstić information content (AvgIpc) is 2.26. The monoisotopic (exact) mass is 231 g/mol. The summed E-state index contributed by atoms with van der Waals surface area (Å²) >= 11 is 0. The van der Waals surface area contributed by atoms with Gasteiger partial charge in [-0.25, -0.2) is 4.98 Å². The van der Waals surface area contributed by atoms with Crippen LogP contribution in [0, 0.1) is 30.6 Å². The van der Waals surface area contributed by atoms with Crippen molar-refractivity contribution in [2.45, 2.75) is 34.1 Å². The average molecular weight is 231 g/mol. The predicted octanol–water partition coefficient (Wildman–Crippen LogP) is 2.58. The third-order valence-corrected chi connectivity index (χ3v) is 2.79. The van der Waals surface area contributed by atoms with Gasteiger partial charge < -0.3 is 5.32 Å². The van der Waals surface area contributed by atoms with Crippen molar-refractivity contribution in [3.8, 4) is 6.07 Å². The molecule has 1 unspecified atom stereocenters. The molecule has 4 heteroatoms. The first-order valence-corrected chi connectivity index (χ1v) is 5.59. The Hall–Kier alpha value is -1.89. The number of nitrogens with one attached hydrogen (secondary N) is 1. The van der Waals surface area contributed by atoms with E-state index in [9.17, 15) is 4.79 Å². The molecule has 90 valence electrons. The van der Waals surface area contributed by atoms with Crippen molar-refractivity contribution < 1.29 is 4.79 Å². The summed E-state index contributed by atoms with van der Waals surface area (Å²) in [6.45, 7) is 7.25. The fraction of sp³-hybridized carbons (Fsp3) is 0.462. The Bertz CT molecular complexity index is 456. The minimum Gasteiger partial charge on any atom is -0.309 e. The van der Waals surface area contributed by atoms with Gasteiger partial charge in [-0.05, 0) is 44.9 Å². The molecule has 0 spiro atoms. The molecule has 0 saturated carbocycles. The second-order valence-electron chi connectivity index (χ2n) is 4.42. The van der Waals surface area contributed by atoms with Gasteiger partial charge in [-0.1, -0.05) is 6.92 Å². The van der Waals surface area contributed by atoms with Crippen molar-refractivity contribution in [3.05, 3.63) is 23.4 Å². The summed E-state index contributed by atoms with van der Waals surface area (Å²) in [5, 5.41) is 11.7. The molecule has 0 aliphatic heterocycles. The smallest absolute Gasteiger partial charge is 0.245 e. The highest BCUT2D eigenvalue weighted by Gasteiger charge is 2.31. The summed E-state index contributed by atoms with van der Waals surface area (Å²) in [5.74, 6) is 0.197. The van der Waals surface area contributed by atoms with Crippen LogP contribution in [-0.4, -0.2) is 10.9 Å². The number of anilines is 1. The van der Waals surface area contributed by atoms with Crippen LogP contribution in [0.4, 0.5) is 5.82 Å². The molecular formula is C13H17N3O. The van der Waals surface area contributed by atoms with Crippen molar-refractivity contribution >= 4 is 11.7 Å². The van der Waals surface area contributed by atoms with E-state index in [4.69, 9.17) is 5.26 Å². The molecule has 0 fully saturated rings. The van der Waals surface area contributed by atoms with Crippen LogP contribution in [-0.2, 0) is 4.79 Å². The Labute approximate surface area is 102 Å². The van der Waals surface area contributed by atoms with Gasteiger partial charge in [0.2, 0.25) is 5.91 Å². The second kappa shape index (κ2) is 4.96. The standard InChI is InChI=1S/C13H17N3O/c1-5-13(4,8-14)12(17)16-11-7-9(2)6-10(3)15-11/h6-7H,5H2,1-4H3,(H,15,16,17). The number of rotatable bonds is 3. The second-order valence-corrected chi connectivity index (χ2v) is 4.42. The van der Waals surface area contributed by atoms with Crippen molar-refractivity contribution in [2.24, 2.45) is 5.41 Å². The maximum Gasteiger partial charge on any atom is 0.245 e. The highest BCUT2D eigenvalue weighted by Crippen LogP contribution is 2.22. The number of hydrogen-bond acceptors (Lipinski definition) is 3. The number of aromatic nitrogens is 1. The van der Waals surface area contributed by atoms with Crippen LogP contribution in [0.5, 0.6) is 0 Å². The van der Waals surface area contributed by atoms with E-state index in [1.807, 2.05) is 32.9 Å². The molecule has 1 aromatic heterocycles. The Morgan fingerprint density at radius 2 is 2.18 bits per heavy atom. The predicted molar refractivity (Wildman–Crippen MR) is 66.4 cm³/mol. The third kappa shape index (κ3) is 3.04. The van der Waals surface area contributed by atoms with E-state index in [0.717, 1.165) is 11.3 Å². The number of carbonyl (C=O) groups is 1. The third-order valence-electron chi connectivity index (χ3n) is 2.79. The molecule has 0 aromatic carbocycles. The molecule has 1 aromatic rings. The normalized spacial score (nSPS) is 13.6. The van der Waals surface area contributed by atoms with Gasteiger partial charge in [0.15, 0.2) is 0 Å². The van der Waals surface area contributed by atoms with E-state index < -0.39 is 5.41 Å². The molecule has 0 radical (unpaired) electrons. The van der Waals surface area contributed by atoms with Gasteiger partial charge in [-0.3, -0.25) is 4.79 Å². The van der Waals surface area contributed by atoms with Gasteiger partial charge >= 0.3 is 0 Å². The maximum absolute atomic E-state index is 11.9. The van der Waals surface area contributed by atoms with Crippen molar-refractivity contribution in [1.29, 1.82) is 5.26 Å². The van der Waals surface area contributed by atoms with Crippen LogP contribution in [0.1, 0.15) is 31.5 Å². The van der Waals surface area contributed by atoms with Gasteiger partial charge in [0.25, 0.3) is 0 Å². The van der Waals surface area contributed by atoms with Gasteiger partial charge in [-0.15, -0.1) is 0 Å². The quantitative estimate of drug-likeness (QED) is 0.869. The first-order chi connectivity index (χ1) is 7.91. The molecule has 0 aliphatic carbocycles. The first kappa shape index (κ1) is 13.2. The lowest BCUT2D eigenvalue weighted by Gasteiger charge is -2.18. The SMILES string of the molecule is CCC(C)(C#N)C(=O)Nc1cc(C)cc(C)n1. The summed E-state index contributed by atoms with van der Waals surface area (Å²) in [6, 6.07) is 5.76. The Morgan fingerprint density at radius 3 is 2.65 bits per heavy atom. The van der Waals surface area contributed by atoms with Gasteiger partial charge in [0.1, 0.15) is 11.2 Å². The zero-order valence-electron chi connectivity index (χ0n) is 10.7. The van der Waals surface area contributed by atoms with E-state index in [1.165, 1.54) is 0 Å². The largest absolute Gasteiger partial charge is 0.309 e. The Kier molecular flexibility index (Phi) is 3.84. The molecular weight excluding hydrogens is 214 g/mol. The van der Waals surface area contributed by atoms with Crippen molar-refractivity contribution in [3.63, 3.8) is 0 Å². The number of nitrogens with zero attached hydrogens (tertiary/aromatic N) is 2. The fourth-order valence-electron chi connectivity index (χ4n) is 1.45. The molecule has 1 amide bonds. The summed E-state index contributed by atoms with van der Waals surface area (Å²) < 4.78 is 0. The summed E-state index contributed by atoms with van der Waals surface area (Å²) in [6.07, 6.45) is 0.472. The van der Waals surface area contributed by atoms with E-state index in [0.29, 0.717) is 12.2 Å². The van der Waals surface area contributed by atoms with Gasteiger partial charge in [0, 0.05) is 5.69 Å². The molecule has 1 rings (SSSR count). The van der Waals surface area contributed by atoms with Crippen LogP contribution in [0.2, 0.25) is 0 Å². The number of aryl methyl sites for hydroxylation is 2. The Morgan fingerprint density at radius 1 is 1.53 bits per heavy atom. The maximum atomic E-state index is 11.9. The molecule has 0 saturated heterocycles. The number of amides is 1. The topological polar surface area (TPSA) is 65.8 Å². The molecule has 17 heavy (non-hydrogen) atoms. The highest BCUT2D eigenvalue weighted by atomic mass is 16.2. The molecule has 1 heterocycles. The molecule has 4 nitrogen and oxygen atoms in total.